The van der Waals surface area contributed by atoms with Gasteiger partial charge in [-0.2, -0.15) is 0 Å². The lowest BCUT2D eigenvalue weighted by molar-refractivity contribution is -0.126. The summed E-state index contributed by atoms with van der Waals surface area (Å²) in [4.78, 5) is 26.0. The molecule has 2 amide bonds. The molecule has 1 fully saturated rings. The van der Waals surface area contributed by atoms with Crippen molar-refractivity contribution in [2.45, 2.75) is 19.8 Å². The van der Waals surface area contributed by atoms with Crippen molar-refractivity contribution in [1.82, 2.24) is 10.2 Å². The van der Waals surface area contributed by atoms with Crippen LogP contribution in [0.2, 0.25) is 0 Å². The van der Waals surface area contributed by atoms with Crippen molar-refractivity contribution in [1.29, 1.82) is 0 Å². The highest BCUT2D eigenvalue weighted by molar-refractivity contribution is 6.10. The van der Waals surface area contributed by atoms with Crippen molar-refractivity contribution < 1.29 is 14.0 Å². The first-order chi connectivity index (χ1) is 15.0. The van der Waals surface area contributed by atoms with E-state index in [1.54, 1.807) is 24.3 Å². The van der Waals surface area contributed by atoms with Gasteiger partial charge in [0.1, 0.15) is 0 Å². The van der Waals surface area contributed by atoms with Crippen LogP contribution in [0.5, 0.6) is 0 Å². The summed E-state index contributed by atoms with van der Waals surface area (Å²) in [6, 6.07) is 16.2. The van der Waals surface area contributed by atoms with Gasteiger partial charge in [-0.15, -0.1) is 5.10 Å². The van der Waals surface area contributed by atoms with E-state index < -0.39 is 11.3 Å². The van der Waals surface area contributed by atoms with Crippen LogP contribution in [-0.4, -0.2) is 22.0 Å². The van der Waals surface area contributed by atoms with Crippen molar-refractivity contribution in [3.63, 3.8) is 0 Å². The van der Waals surface area contributed by atoms with Gasteiger partial charge in [0, 0.05) is 5.56 Å². The van der Waals surface area contributed by atoms with Gasteiger partial charge in [-0.3, -0.25) is 14.9 Å². The van der Waals surface area contributed by atoms with Crippen molar-refractivity contribution >= 4 is 23.5 Å². The number of carbonyl (C=O) groups is 2. The highest BCUT2D eigenvalue weighted by Crippen LogP contribution is 2.52. The Morgan fingerprint density at radius 2 is 1.77 bits per heavy atom. The Kier molecular flexibility index (Phi) is 4.66. The van der Waals surface area contributed by atoms with Gasteiger partial charge in [0.25, 0.3) is 5.91 Å². The van der Waals surface area contributed by atoms with E-state index in [-0.39, 0.29) is 17.8 Å². The smallest absolute Gasteiger partial charge is 0.322 e. The average molecular weight is 414 g/mol. The molecule has 0 saturated heterocycles. The minimum atomic E-state index is -0.458. The van der Waals surface area contributed by atoms with Crippen LogP contribution < -0.4 is 10.6 Å². The van der Waals surface area contributed by atoms with Crippen LogP contribution in [0.3, 0.4) is 0 Å². The van der Waals surface area contributed by atoms with Crippen LogP contribution in [0.4, 0.5) is 11.7 Å². The van der Waals surface area contributed by atoms with Crippen LogP contribution in [0.1, 0.15) is 30.1 Å². The van der Waals surface area contributed by atoms with E-state index in [0.29, 0.717) is 23.1 Å². The van der Waals surface area contributed by atoms with E-state index in [4.69, 9.17) is 4.42 Å². The molecule has 2 N–H and O–H groups in total. The van der Waals surface area contributed by atoms with Crippen molar-refractivity contribution in [2.75, 3.05) is 10.6 Å². The summed E-state index contributed by atoms with van der Waals surface area (Å²) in [6.07, 6.45) is 6.20. The van der Waals surface area contributed by atoms with Gasteiger partial charge in [-0.05, 0) is 48.9 Å². The van der Waals surface area contributed by atoms with E-state index in [1.165, 1.54) is 0 Å². The highest BCUT2D eigenvalue weighted by atomic mass is 16.4. The number of hydrogen-bond acceptors (Lipinski definition) is 5. The number of hydrogen-bond donors (Lipinski definition) is 2. The number of amides is 2. The summed E-state index contributed by atoms with van der Waals surface area (Å²) in [5, 5.41) is 13.5. The summed E-state index contributed by atoms with van der Waals surface area (Å²) in [5.74, 6) is 0.532. The average Bonchev–Trinajstić information content (AvgIpc) is 3.51. The normalized spacial score (nSPS) is 23.6. The lowest BCUT2D eigenvalue weighted by Gasteiger charge is -2.30. The lowest BCUT2D eigenvalue weighted by atomic mass is 9.76. The molecule has 31 heavy (non-hydrogen) atoms. The Balaban J connectivity index is 1.32. The Labute approximate surface area is 179 Å². The van der Waals surface area contributed by atoms with Crippen LogP contribution in [0.15, 0.2) is 71.2 Å². The zero-order valence-corrected chi connectivity index (χ0v) is 17.0. The van der Waals surface area contributed by atoms with Crippen LogP contribution >= 0.6 is 0 Å². The van der Waals surface area contributed by atoms with E-state index >= 15 is 0 Å². The molecule has 0 aliphatic heterocycles. The van der Waals surface area contributed by atoms with Crippen molar-refractivity contribution in [3.05, 3.63) is 72.3 Å². The summed E-state index contributed by atoms with van der Waals surface area (Å²) in [5.41, 5.74) is 1.09. The van der Waals surface area contributed by atoms with Crippen LogP contribution in [0, 0.1) is 17.3 Å². The summed E-state index contributed by atoms with van der Waals surface area (Å²) < 4.78 is 5.56. The third-order valence-electron chi connectivity index (χ3n) is 6.28. The first kappa shape index (κ1) is 19.2. The number of allylic oxidation sites excluding steroid dienone is 2. The minimum absolute atomic E-state index is 0.00446. The van der Waals surface area contributed by atoms with E-state index in [9.17, 15) is 9.59 Å². The molecular formula is C24H22N4O3. The fourth-order valence-electron chi connectivity index (χ4n) is 4.55. The van der Waals surface area contributed by atoms with Crippen LogP contribution in [-0.2, 0) is 4.79 Å². The Bertz CT molecular complexity index is 1170. The largest absolute Gasteiger partial charge is 0.403 e. The predicted molar refractivity (Wildman–Crippen MR) is 116 cm³/mol. The number of benzene rings is 2. The molecule has 2 aliphatic carbocycles. The maximum Gasteiger partial charge on any atom is 0.322 e. The second-order valence-corrected chi connectivity index (χ2v) is 8.34. The molecule has 156 valence electrons. The van der Waals surface area contributed by atoms with Gasteiger partial charge in [0.05, 0.1) is 16.7 Å². The molecule has 0 spiro atoms. The molecule has 2 bridgehead atoms. The van der Waals surface area contributed by atoms with Crippen molar-refractivity contribution in [3.8, 4) is 11.5 Å². The monoisotopic (exact) mass is 414 g/mol. The number of aromatic nitrogens is 2. The summed E-state index contributed by atoms with van der Waals surface area (Å²) in [7, 11) is 0. The second kappa shape index (κ2) is 7.50. The molecule has 3 atom stereocenters. The van der Waals surface area contributed by atoms with Gasteiger partial charge in [0.2, 0.25) is 11.8 Å². The Morgan fingerprint density at radius 1 is 1.00 bits per heavy atom. The standard InChI is InChI=1S/C24H22N4O3/c1-24(14-15-11-12-17(24)13-15)22(30)25-19-10-6-5-9-18(19)20(29)26-23-28-27-21(31-23)16-7-3-2-4-8-16/h2-12,15,17H,13-14H2,1H3,(H,25,30)(H,26,28,29)/t15-,17-,24+/m0/s1. The van der Waals surface area contributed by atoms with Gasteiger partial charge < -0.3 is 9.73 Å². The molecule has 2 aliphatic rings. The summed E-state index contributed by atoms with van der Waals surface area (Å²) >= 11 is 0. The van der Waals surface area contributed by atoms with E-state index in [0.717, 1.165) is 18.4 Å². The SMILES string of the molecule is C[C@@]1(C(=O)Nc2ccccc2C(=O)Nc2nnc(-c3ccccc3)o2)C[C@H]2C=C[C@H]1C2. The molecule has 0 radical (unpaired) electrons. The Hall–Kier alpha value is -3.74. The number of carbonyl (C=O) groups excluding carboxylic acids is 2. The first-order valence-corrected chi connectivity index (χ1v) is 10.3. The number of para-hydroxylation sites is 1. The maximum atomic E-state index is 13.1. The lowest BCUT2D eigenvalue weighted by Crippen LogP contribution is -2.37. The van der Waals surface area contributed by atoms with Crippen LogP contribution in [0.25, 0.3) is 11.5 Å². The molecule has 7 heteroatoms. The van der Waals surface area contributed by atoms with Gasteiger partial charge in [0.15, 0.2) is 0 Å². The zero-order chi connectivity index (χ0) is 21.4. The van der Waals surface area contributed by atoms with E-state index in [2.05, 4.69) is 33.0 Å². The molecule has 7 nitrogen and oxygen atoms in total. The van der Waals surface area contributed by atoms with Crippen molar-refractivity contribution in [2.24, 2.45) is 17.3 Å². The highest BCUT2D eigenvalue weighted by Gasteiger charge is 2.50. The summed E-state index contributed by atoms with van der Waals surface area (Å²) in [6.45, 7) is 2.00. The molecule has 1 saturated carbocycles. The molecule has 5 rings (SSSR count). The number of rotatable bonds is 5. The quantitative estimate of drug-likeness (QED) is 0.598. The van der Waals surface area contributed by atoms with Gasteiger partial charge in [-0.25, -0.2) is 0 Å². The molecule has 1 heterocycles. The fraction of sp³-hybridized carbons (Fsp3) is 0.250. The van der Waals surface area contributed by atoms with Gasteiger partial charge >= 0.3 is 6.01 Å². The molecular weight excluding hydrogens is 392 g/mol. The molecule has 2 aromatic carbocycles. The number of nitrogens with zero attached hydrogens (tertiary/aromatic N) is 2. The molecule has 0 unspecified atom stereocenters. The zero-order valence-electron chi connectivity index (χ0n) is 17.0. The van der Waals surface area contributed by atoms with Gasteiger partial charge in [-0.1, -0.05) is 54.5 Å². The number of nitrogens with one attached hydrogen (secondary N) is 2. The number of fused-ring (bicyclic) bond motifs is 2. The number of anilines is 2. The topological polar surface area (TPSA) is 97.1 Å². The Morgan fingerprint density at radius 3 is 2.52 bits per heavy atom. The minimum Gasteiger partial charge on any atom is -0.403 e. The van der Waals surface area contributed by atoms with E-state index in [1.807, 2.05) is 37.3 Å². The third-order valence-corrected chi connectivity index (χ3v) is 6.28. The molecule has 3 aromatic rings. The second-order valence-electron chi connectivity index (χ2n) is 8.34. The predicted octanol–water partition coefficient (Wildman–Crippen LogP) is 4.53. The third kappa shape index (κ3) is 3.52. The molecule has 1 aromatic heterocycles. The first-order valence-electron chi connectivity index (χ1n) is 10.3. The maximum absolute atomic E-state index is 13.1. The fourth-order valence-corrected chi connectivity index (χ4v) is 4.55.